The Morgan fingerprint density at radius 1 is 0.943 bits per heavy atom. The highest BCUT2D eigenvalue weighted by atomic mass is 16.2. The lowest BCUT2D eigenvalue weighted by molar-refractivity contribution is -0.123. The Morgan fingerprint density at radius 3 is 2.53 bits per heavy atom. The number of para-hydroxylation sites is 1. The van der Waals surface area contributed by atoms with Crippen LogP contribution >= 0.6 is 0 Å². The molecule has 5 aromatic rings. The third-order valence-electron chi connectivity index (χ3n) is 9.13. The summed E-state index contributed by atoms with van der Waals surface area (Å²) in [7, 11) is 0. The zero-order valence-corrected chi connectivity index (χ0v) is 29.5. The van der Waals surface area contributed by atoms with Gasteiger partial charge in [0.2, 0.25) is 11.9 Å². The first kappa shape index (κ1) is 34.7. The van der Waals surface area contributed by atoms with Crippen LogP contribution in [0.25, 0.3) is 0 Å². The molecule has 2 aliphatic heterocycles. The van der Waals surface area contributed by atoms with Gasteiger partial charge in [-0.25, -0.2) is 9.78 Å². The van der Waals surface area contributed by atoms with E-state index in [1.54, 1.807) is 34.3 Å². The first-order valence-electron chi connectivity index (χ1n) is 17.4. The molecule has 12 heteroatoms. The van der Waals surface area contributed by atoms with Gasteiger partial charge in [0.15, 0.2) is 0 Å². The fraction of sp³-hybridized carbons (Fsp3) is 0.195. The Morgan fingerprint density at radius 2 is 1.74 bits per heavy atom. The number of urea groups is 1. The lowest BCUT2D eigenvalue weighted by atomic mass is 10.0. The highest BCUT2D eigenvalue weighted by molar-refractivity contribution is 6.14. The van der Waals surface area contributed by atoms with Crippen molar-refractivity contribution in [3.05, 3.63) is 138 Å². The molecule has 4 amide bonds. The topological polar surface area (TPSA) is 145 Å². The first-order valence-corrected chi connectivity index (χ1v) is 17.4. The molecule has 0 bridgehead atoms. The number of amides is 4. The predicted octanol–water partition coefficient (Wildman–Crippen LogP) is 7.48. The number of carbonyl (C=O) groups excluding carboxylic acids is 3. The second-order valence-electron chi connectivity index (χ2n) is 13.0. The molecule has 2 aromatic heterocycles. The minimum Gasteiger partial charge on any atom is -0.326 e. The summed E-state index contributed by atoms with van der Waals surface area (Å²) in [6.07, 6.45) is 6.28. The van der Waals surface area contributed by atoms with Crippen LogP contribution < -0.4 is 25.8 Å². The molecule has 0 radical (unpaired) electrons. The second kappa shape index (κ2) is 15.3. The summed E-state index contributed by atoms with van der Waals surface area (Å²) < 4.78 is 0. The molecule has 4 heterocycles. The maximum Gasteiger partial charge on any atom is 0.327 e. The molecule has 0 saturated carbocycles. The Hall–Kier alpha value is -6.69. The standard InChI is InChI=1S/C41H39N9O3/c1-4-5-14-33-32-13-9-10-15-35(32)49(24-28-11-7-6-8-12-28)39(52)34(46-33)21-37(51)44-30-18-16-26(2)36(20-30)50-25-29-22-43-40(47-38(29)48-41(50)53)45-31-19-17-27(3)42-23-31/h4,6-13,15-20,22-23,34H,1,5,14,21,24-25H2,2-3H3,(H,44,51)(H2,43,45,47,48,53)/t34-/m0/s1. The van der Waals surface area contributed by atoms with Crippen LogP contribution in [0, 0.1) is 13.8 Å². The number of pyridine rings is 1. The number of fused-ring (bicyclic) bond motifs is 2. The molecule has 7 rings (SSSR count). The van der Waals surface area contributed by atoms with Gasteiger partial charge in [-0.2, -0.15) is 4.98 Å². The van der Waals surface area contributed by atoms with Crippen molar-refractivity contribution in [1.29, 1.82) is 0 Å². The minimum absolute atomic E-state index is 0.164. The normalized spacial score (nSPS) is 15.1. The number of aromatic nitrogens is 3. The molecule has 0 spiro atoms. The van der Waals surface area contributed by atoms with Crippen LogP contribution in [-0.4, -0.2) is 44.6 Å². The van der Waals surface area contributed by atoms with Crippen LogP contribution in [0.15, 0.2) is 115 Å². The number of benzodiazepines with no additional fused rings is 1. The fourth-order valence-electron chi connectivity index (χ4n) is 6.40. The van der Waals surface area contributed by atoms with Crippen molar-refractivity contribution in [2.24, 2.45) is 4.99 Å². The van der Waals surface area contributed by atoms with Crippen molar-refractivity contribution in [3.63, 3.8) is 0 Å². The van der Waals surface area contributed by atoms with Crippen LogP contribution in [0.1, 0.15) is 47.2 Å². The van der Waals surface area contributed by atoms with Gasteiger partial charge in [0.05, 0.1) is 42.8 Å². The molecule has 0 saturated heterocycles. The molecule has 53 heavy (non-hydrogen) atoms. The van der Waals surface area contributed by atoms with E-state index in [0.717, 1.165) is 45.0 Å². The average Bonchev–Trinajstić information content (AvgIpc) is 3.26. The molecule has 12 nitrogen and oxygen atoms in total. The van der Waals surface area contributed by atoms with Crippen molar-refractivity contribution in [2.75, 3.05) is 25.8 Å². The summed E-state index contributed by atoms with van der Waals surface area (Å²) in [6, 6.07) is 25.3. The van der Waals surface area contributed by atoms with E-state index in [1.807, 2.05) is 92.7 Å². The molecule has 0 aliphatic carbocycles. The Kier molecular flexibility index (Phi) is 10.0. The van der Waals surface area contributed by atoms with Crippen molar-refractivity contribution < 1.29 is 14.4 Å². The lowest BCUT2D eigenvalue weighted by Gasteiger charge is -2.30. The molecule has 0 unspecified atom stereocenters. The van der Waals surface area contributed by atoms with E-state index in [9.17, 15) is 14.4 Å². The average molecular weight is 706 g/mol. The van der Waals surface area contributed by atoms with E-state index in [-0.39, 0.29) is 30.8 Å². The number of aryl methyl sites for hydroxylation is 2. The molecular weight excluding hydrogens is 667 g/mol. The first-order chi connectivity index (χ1) is 25.7. The number of anilines is 6. The highest BCUT2D eigenvalue weighted by Gasteiger charge is 2.33. The zero-order chi connectivity index (χ0) is 36.9. The van der Waals surface area contributed by atoms with Crippen LogP contribution in [0.5, 0.6) is 0 Å². The Labute approximate surface area is 307 Å². The molecule has 3 N–H and O–H groups in total. The number of aliphatic imine (C=N–C) groups is 1. The number of hydrogen-bond donors (Lipinski definition) is 3. The molecular formula is C41H39N9O3. The Bertz CT molecular complexity index is 2220. The van der Waals surface area contributed by atoms with E-state index >= 15 is 0 Å². The van der Waals surface area contributed by atoms with E-state index in [2.05, 4.69) is 37.5 Å². The SMILES string of the molecule is C=CCCC1=N[C@@H](CC(=O)Nc2ccc(C)c(N3Cc4cnc(Nc5ccc(C)nc5)nc4NC3=O)c2)C(=O)N(Cc2ccccc2)c2ccccc21. The maximum atomic E-state index is 14.2. The van der Waals surface area contributed by atoms with Gasteiger partial charge in [0.25, 0.3) is 5.91 Å². The quantitative estimate of drug-likeness (QED) is 0.121. The van der Waals surface area contributed by atoms with E-state index in [4.69, 9.17) is 4.99 Å². The highest BCUT2D eigenvalue weighted by Crippen LogP contribution is 2.33. The molecule has 3 aromatic carbocycles. The van der Waals surface area contributed by atoms with Gasteiger partial charge in [-0.05, 0) is 68.1 Å². The van der Waals surface area contributed by atoms with Gasteiger partial charge in [-0.3, -0.25) is 29.8 Å². The van der Waals surface area contributed by atoms with Gasteiger partial charge in [0.1, 0.15) is 11.9 Å². The summed E-state index contributed by atoms with van der Waals surface area (Å²) in [4.78, 5) is 62.8. The maximum absolute atomic E-state index is 14.2. The number of carbonyl (C=O) groups is 3. The summed E-state index contributed by atoms with van der Waals surface area (Å²) in [5, 5.41) is 8.94. The monoisotopic (exact) mass is 705 g/mol. The predicted molar refractivity (Wildman–Crippen MR) is 208 cm³/mol. The van der Waals surface area contributed by atoms with Gasteiger partial charge in [-0.15, -0.1) is 6.58 Å². The number of benzene rings is 3. The fourth-order valence-corrected chi connectivity index (χ4v) is 6.40. The third kappa shape index (κ3) is 7.81. The number of allylic oxidation sites excluding steroid dienone is 1. The number of rotatable bonds is 11. The van der Waals surface area contributed by atoms with E-state index < -0.39 is 6.04 Å². The molecule has 1 atom stereocenters. The summed E-state index contributed by atoms with van der Waals surface area (Å²) >= 11 is 0. The molecule has 266 valence electrons. The van der Waals surface area contributed by atoms with Crippen molar-refractivity contribution >= 4 is 58.1 Å². The van der Waals surface area contributed by atoms with Gasteiger partial charge >= 0.3 is 6.03 Å². The third-order valence-corrected chi connectivity index (χ3v) is 9.13. The lowest BCUT2D eigenvalue weighted by Crippen LogP contribution is -2.40. The van der Waals surface area contributed by atoms with Crippen molar-refractivity contribution in [3.8, 4) is 0 Å². The zero-order valence-electron chi connectivity index (χ0n) is 29.5. The number of nitrogens with zero attached hydrogens (tertiary/aromatic N) is 6. The largest absolute Gasteiger partial charge is 0.327 e. The second-order valence-corrected chi connectivity index (χ2v) is 13.0. The van der Waals surface area contributed by atoms with Gasteiger partial charge in [0, 0.05) is 34.4 Å². The minimum atomic E-state index is -0.943. The van der Waals surface area contributed by atoms with E-state index in [1.165, 1.54) is 0 Å². The molecule has 0 fully saturated rings. The van der Waals surface area contributed by atoms with Crippen molar-refractivity contribution in [1.82, 2.24) is 15.0 Å². The molecule has 2 aliphatic rings. The Balaban J connectivity index is 1.09. The smallest absolute Gasteiger partial charge is 0.326 e. The summed E-state index contributed by atoms with van der Waals surface area (Å²) in [5.41, 5.74) is 7.63. The van der Waals surface area contributed by atoms with E-state index in [0.29, 0.717) is 42.5 Å². The van der Waals surface area contributed by atoms with Crippen LogP contribution in [-0.2, 0) is 22.7 Å². The number of nitrogens with one attached hydrogen (secondary N) is 3. The van der Waals surface area contributed by atoms with Crippen LogP contribution in [0.2, 0.25) is 0 Å². The summed E-state index contributed by atoms with van der Waals surface area (Å²) in [6.45, 7) is 8.24. The van der Waals surface area contributed by atoms with Crippen LogP contribution in [0.3, 0.4) is 0 Å². The summed E-state index contributed by atoms with van der Waals surface area (Å²) in [5.74, 6) is 0.117. The van der Waals surface area contributed by atoms with Crippen LogP contribution in [0.4, 0.5) is 39.3 Å². The van der Waals surface area contributed by atoms with Gasteiger partial charge < -0.3 is 15.5 Å². The number of hydrogen-bond acceptors (Lipinski definition) is 8. The van der Waals surface area contributed by atoms with Crippen molar-refractivity contribution in [2.45, 2.75) is 52.2 Å². The van der Waals surface area contributed by atoms with Gasteiger partial charge in [-0.1, -0.05) is 60.7 Å².